The Morgan fingerprint density at radius 3 is 2.68 bits per heavy atom. The molecule has 0 amide bonds. The Bertz CT molecular complexity index is 625. The van der Waals surface area contributed by atoms with Crippen LogP contribution < -0.4 is 11.1 Å². The summed E-state index contributed by atoms with van der Waals surface area (Å²) >= 11 is 0. The summed E-state index contributed by atoms with van der Waals surface area (Å²) in [6.45, 7) is 1.72. The van der Waals surface area contributed by atoms with E-state index >= 15 is 0 Å². The van der Waals surface area contributed by atoms with Crippen LogP contribution in [0.4, 0.5) is 11.4 Å². The Kier molecular flexibility index (Phi) is 3.40. The van der Waals surface area contributed by atoms with Crippen molar-refractivity contribution in [1.29, 1.82) is 0 Å². The predicted molar refractivity (Wildman–Crippen MR) is 73.2 cm³/mol. The zero-order valence-electron chi connectivity index (χ0n) is 10.5. The average Bonchev–Trinajstić information content (AvgIpc) is 2.62. The van der Waals surface area contributed by atoms with Gasteiger partial charge in [0.15, 0.2) is 9.84 Å². The van der Waals surface area contributed by atoms with Crippen molar-refractivity contribution in [2.24, 2.45) is 0 Å². The highest BCUT2D eigenvalue weighted by Gasteiger charge is 2.28. The number of rotatable bonds is 3. The van der Waals surface area contributed by atoms with E-state index < -0.39 is 15.8 Å². The summed E-state index contributed by atoms with van der Waals surface area (Å²) in [4.78, 5) is 11.1. The van der Waals surface area contributed by atoms with Gasteiger partial charge in [0, 0.05) is 17.4 Å². The van der Waals surface area contributed by atoms with Crippen molar-refractivity contribution in [3.63, 3.8) is 0 Å². The zero-order valence-corrected chi connectivity index (χ0v) is 11.3. The molecule has 1 aliphatic heterocycles. The summed E-state index contributed by atoms with van der Waals surface area (Å²) in [7, 11) is -2.96. The van der Waals surface area contributed by atoms with Gasteiger partial charge in [0.2, 0.25) is 0 Å². The molecule has 1 fully saturated rings. The number of carbonyl (C=O) groups is 1. The van der Waals surface area contributed by atoms with Gasteiger partial charge in [-0.15, -0.1) is 0 Å². The lowest BCUT2D eigenvalue weighted by atomic mass is 10.1. The molecule has 0 spiro atoms. The number of hydrogen-bond donors (Lipinski definition) is 3. The molecule has 1 aromatic carbocycles. The molecule has 7 heteroatoms. The molecule has 4 N–H and O–H groups in total. The summed E-state index contributed by atoms with van der Waals surface area (Å²) in [6.07, 6.45) is 0.536. The van der Waals surface area contributed by atoms with Crippen molar-refractivity contribution in [2.75, 3.05) is 22.6 Å². The molecule has 0 aliphatic carbocycles. The average molecular weight is 284 g/mol. The summed E-state index contributed by atoms with van der Waals surface area (Å²) in [5, 5.41) is 12.1. The molecule has 6 nitrogen and oxygen atoms in total. The van der Waals surface area contributed by atoms with Crippen LogP contribution >= 0.6 is 0 Å². The zero-order chi connectivity index (χ0) is 14.2. The Morgan fingerprint density at radius 1 is 1.47 bits per heavy atom. The van der Waals surface area contributed by atoms with E-state index in [4.69, 9.17) is 10.8 Å². The first-order chi connectivity index (χ1) is 8.78. The van der Waals surface area contributed by atoms with Crippen LogP contribution in [0.15, 0.2) is 12.1 Å². The molecular formula is C12H16N2O4S. The van der Waals surface area contributed by atoms with E-state index in [-0.39, 0.29) is 28.8 Å². The Morgan fingerprint density at radius 2 is 2.16 bits per heavy atom. The molecule has 0 saturated carbocycles. The summed E-state index contributed by atoms with van der Waals surface area (Å²) in [5.41, 5.74) is 7.21. The van der Waals surface area contributed by atoms with E-state index in [1.54, 1.807) is 13.0 Å². The highest BCUT2D eigenvalue weighted by Crippen LogP contribution is 2.25. The van der Waals surface area contributed by atoms with Crippen LogP contribution in [-0.4, -0.2) is 37.0 Å². The van der Waals surface area contributed by atoms with Gasteiger partial charge in [-0.05, 0) is 31.0 Å². The van der Waals surface area contributed by atoms with Crippen molar-refractivity contribution in [3.8, 4) is 0 Å². The molecular weight excluding hydrogens is 268 g/mol. The first-order valence-electron chi connectivity index (χ1n) is 5.89. The molecule has 2 rings (SSSR count). The van der Waals surface area contributed by atoms with E-state index in [1.165, 1.54) is 6.07 Å². The number of aromatic carboxylic acids is 1. The predicted octanol–water partition coefficient (Wildman–Crippen LogP) is 0.874. The lowest BCUT2D eigenvalue weighted by Gasteiger charge is -2.15. The Labute approximate surface area is 111 Å². The fraction of sp³-hybridized carbons (Fsp3) is 0.417. The molecule has 1 unspecified atom stereocenters. The van der Waals surface area contributed by atoms with E-state index in [9.17, 15) is 13.2 Å². The maximum absolute atomic E-state index is 11.4. The molecule has 0 aromatic heterocycles. The van der Waals surface area contributed by atoms with E-state index in [0.29, 0.717) is 17.7 Å². The lowest BCUT2D eigenvalue weighted by Crippen LogP contribution is -2.21. The smallest absolute Gasteiger partial charge is 0.337 e. The summed E-state index contributed by atoms with van der Waals surface area (Å²) in [6, 6.07) is 3.00. The minimum atomic E-state index is -2.96. The first-order valence-corrected chi connectivity index (χ1v) is 7.71. The molecule has 1 saturated heterocycles. The number of nitrogen functional groups attached to an aromatic ring is 1. The number of carboxylic acid groups (broad SMARTS) is 1. The fourth-order valence-corrected chi connectivity index (χ4v) is 3.88. The number of nitrogens with one attached hydrogen (secondary N) is 1. The van der Waals surface area contributed by atoms with E-state index in [1.807, 2.05) is 0 Å². The Hall–Kier alpha value is -1.76. The second-order valence-corrected chi connectivity index (χ2v) is 7.03. The number of anilines is 2. The number of nitrogens with two attached hydrogens (primary N) is 1. The van der Waals surface area contributed by atoms with Gasteiger partial charge in [-0.3, -0.25) is 0 Å². The van der Waals surface area contributed by atoms with Gasteiger partial charge in [-0.1, -0.05) is 0 Å². The maximum atomic E-state index is 11.4. The minimum absolute atomic E-state index is 0.0309. The van der Waals surface area contributed by atoms with Crippen LogP contribution in [0.3, 0.4) is 0 Å². The number of benzene rings is 1. The van der Waals surface area contributed by atoms with Gasteiger partial charge < -0.3 is 16.2 Å². The fourth-order valence-electron chi connectivity index (χ4n) is 2.20. The number of carboxylic acids is 1. The monoisotopic (exact) mass is 284 g/mol. The van der Waals surface area contributed by atoms with Crippen LogP contribution in [0.5, 0.6) is 0 Å². The second-order valence-electron chi connectivity index (χ2n) is 4.80. The third-order valence-electron chi connectivity index (χ3n) is 3.22. The first kappa shape index (κ1) is 13.7. The number of sulfone groups is 1. The summed E-state index contributed by atoms with van der Waals surface area (Å²) in [5.74, 6) is -0.841. The molecule has 19 heavy (non-hydrogen) atoms. The lowest BCUT2D eigenvalue weighted by molar-refractivity contribution is 0.0698. The Balaban J connectivity index is 2.24. The van der Waals surface area contributed by atoms with Gasteiger partial charge >= 0.3 is 5.97 Å². The second kappa shape index (κ2) is 4.73. The van der Waals surface area contributed by atoms with Gasteiger partial charge in [0.25, 0.3) is 0 Å². The normalized spacial score (nSPS) is 21.2. The molecule has 0 bridgehead atoms. The van der Waals surface area contributed by atoms with Crippen LogP contribution in [0.1, 0.15) is 22.3 Å². The quantitative estimate of drug-likeness (QED) is 0.711. The minimum Gasteiger partial charge on any atom is -0.478 e. The van der Waals surface area contributed by atoms with Crippen LogP contribution in [0.25, 0.3) is 0 Å². The molecule has 1 aliphatic rings. The van der Waals surface area contributed by atoms with Crippen molar-refractivity contribution in [1.82, 2.24) is 0 Å². The van der Waals surface area contributed by atoms with Crippen molar-refractivity contribution < 1.29 is 18.3 Å². The van der Waals surface area contributed by atoms with Crippen LogP contribution in [-0.2, 0) is 9.84 Å². The molecule has 1 aromatic rings. The molecule has 1 heterocycles. The van der Waals surface area contributed by atoms with Crippen molar-refractivity contribution in [2.45, 2.75) is 19.4 Å². The third kappa shape index (κ3) is 2.98. The summed E-state index contributed by atoms with van der Waals surface area (Å²) < 4.78 is 22.7. The largest absolute Gasteiger partial charge is 0.478 e. The highest BCUT2D eigenvalue weighted by atomic mass is 32.2. The number of hydrogen-bond acceptors (Lipinski definition) is 5. The highest BCUT2D eigenvalue weighted by molar-refractivity contribution is 7.91. The van der Waals surface area contributed by atoms with Gasteiger partial charge in [0.1, 0.15) is 0 Å². The van der Waals surface area contributed by atoms with E-state index in [0.717, 1.165) is 0 Å². The molecule has 104 valence electrons. The van der Waals surface area contributed by atoms with Crippen molar-refractivity contribution >= 4 is 27.2 Å². The third-order valence-corrected chi connectivity index (χ3v) is 4.99. The van der Waals surface area contributed by atoms with Crippen molar-refractivity contribution in [3.05, 3.63) is 23.3 Å². The SMILES string of the molecule is Cc1cc(NC2CCS(=O)(=O)C2)cc(C(=O)O)c1N. The van der Waals surface area contributed by atoms with Gasteiger partial charge in [-0.2, -0.15) is 0 Å². The van der Waals surface area contributed by atoms with Gasteiger partial charge in [0.05, 0.1) is 17.1 Å². The topological polar surface area (TPSA) is 109 Å². The maximum Gasteiger partial charge on any atom is 0.337 e. The van der Waals surface area contributed by atoms with Crippen LogP contribution in [0.2, 0.25) is 0 Å². The van der Waals surface area contributed by atoms with E-state index in [2.05, 4.69) is 5.32 Å². The molecule has 1 atom stereocenters. The molecule has 0 radical (unpaired) electrons. The van der Waals surface area contributed by atoms with Gasteiger partial charge in [-0.25, -0.2) is 13.2 Å². The van der Waals surface area contributed by atoms with Crippen LogP contribution in [0, 0.1) is 6.92 Å². The number of aryl methyl sites for hydroxylation is 1. The standard InChI is InChI=1S/C12H16N2O4S/c1-7-4-9(5-10(11(7)13)12(15)16)14-8-2-3-19(17,18)6-8/h4-5,8,14H,2-3,6,13H2,1H3,(H,15,16).